The van der Waals surface area contributed by atoms with E-state index in [1.54, 1.807) is 0 Å². The Bertz CT molecular complexity index is 673. The average Bonchev–Trinajstić information content (AvgIpc) is 3.06. The van der Waals surface area contributed by atoms with E-state index >= 15 is 0 Å². The zero-order chi connectivity index (χ0) is 19.5. The molecule has 27 heavy (non-hydrogen) atoms. The Hall–Kier alpha value is -1.30. The van der Waals surface area contributed by atoms with Crippen LogP contribution in [-0.4, -0.2) is 15.1 Å². The number of anilines is 1. The highest BCUT2D eigenvalue weighted by Crippen LogP contribution is 2.33. The van der Waals surface area contributed by atoms with Crippen LogP contribution in [0.4, 0.5) is 5.82 Å². The van der Waals surface area contributed by atoms with E-state index in [9.17, 15) is 0 Å². The zero-order valence-electron chi connectivity index (χ0n) is 17.0. The molecule has 0 aliphatic carbocycles. The lowest BCUT2D eigenvalue weighted by molar-refractivity contribution is 0.416. The second-order valence-corrected chi connectivity index (χ2v) is 8.01. The number of thiol groups is 1. The fourth-order valence-electron chi connectivity index (χ4n) is 3.71. The van der Waals surface area contributed by atoms with E-state index < -0.39 is 0 Å². The third-order valence-corrected chi connectivity index (χ3v) is 5.51. The lowest BCUT2D eigenvalue weighted by Gasteiger charge is -2.14. The Kier molecular flexibility index (Phi) is 9.95. The van der Waals surface area contributed by atoms with Crippen molar-refractivity contribution in [1.82, 2.24) is 15.1 Å². The summed E-state index contributed by atoms with van der Waals surface area (Å²) in [7, 11) is 0. The summed E-state index contributed by atoms with van der Waals surface area (Å²) in [6.07, 6.45) is 16.5. The molecule has 0 spiro atoms. The van der Waals surface area contributed by atoms with Crippen LogP contribution < -0.4 is 5.73 Å². The Morgan fingerprint density at radius 2 is 1.41 bits per heavy atom. The number of hydrogen-bond acceptors (Lipinski definition) is 6. The first-order valence-corrected chi connectivity index (χ1v) is 11.2. The van der Waals surface area contributed by atoms with Crippen molar-refractivity contribution < 1.29 is 4.52 Å². The molecule has 0 radical (unpaired) electrons. The fraction of sp³-hybridized carbons (Fsp3) is 0.762. The molecule has 5 nitrogen and oxygen atoms in total. The van der Waals surface area contributed by atoms with Gasteiger partial charge in [0.25, 0.3) is 0 Å². The Labute approximate surface area is 169 Å². The topological polar surface area (TPSA) is 77.8 Å². The van der Waals surface area contributed by atoms with Gasteiger partial charge in [-0.25, -0.2) is 9.97 Å². The minimum atomic E-state index is 0.324. The summed E-state index contributed by atoms with van der Waals surface area (Å²) in [5.41, 5.74) is 8.15. The number of rotatable bonds is 14. The number of nitrogen functional groups attached to an aromatic ring is 1. The maximum absolute atomic E-state index is 5.96. The maximum Gasteiger partial charge on any atom is 0.227 e. The molecular weight excluding hydrogens is 356 g/mol. The van der Waals surface area contributed by atoms with E-state index in [2.05, 4.69) is 41.6 Å². The molecule has 0 aromatic carbocycles. The van der Waals surface area contributed by atoms with Crippen molar-refractivity contribution in [3.05, 3.63) is 5.69 Å². The number of aromatic nitrogens is 3. The van der Waals surface area contributed by atoms with Crippen LogP contribution in [0.2, 0.25) is 0 Å². The predicted molar refractivity (Wildman–Crippen MR) is 115 cm³/mol. The molecule has 2 aromatic heterocycles. The first-order valence-electron chi connectivity index (χ1n) is 10.8. The minimum absolute atomic E-state index is 0.324. The van der Waals surface area contributed by atoms with Crippen molar-refractivity contribution >= 4 is 29.5 Å². The van der Waals surface area contributed by atoms with Gasteiger partial charge in [-0.3, -0.25) is 0 Å². The smallest absolute Gasteiger partial charge is 0.227 e. The van der Waals surface area contributed by atoms with Gasteiger partial charge in [0.2, 0.25) is 5.58 Å². The summed E-state index contributed by atoms with van der Waals surface area (Å²) in [5.74, 6) is 0.700. The number of unbranched alkanes of at least 4 members (excludes halogenated alkanes) is 9. The van der Waals surface area contributed by atoms with Gasteiger partial charge in [-0.15, -0.1) is 12.6 Å². The molecule has 6 heteroatoms. The van der Waals surface area contributed by atoms with E-state index in [0.29, 0.717) is 22.5 Å². The third kappa shape index (κ3) is 6.98. The van der Waals surface area contributed by atoms with Crippen LogP contribution in [0.15, 0.2) is 9.68 Å². The molecule has 2 aromatic rings. The number of nitrogens with zero attached hydrogens (tertiary/aromatic N) is 3. The second-order valence-electron chi connectivity index (χ2n) is 7.61. The van der Waals surface area contributed by atoms with E-state index in [4.69, 9.17) is 10.3 Å². The molecule has 0 fully saturated rings. The van der Waals surface area contributed by atoms with Crippen molar-refractivity contribution in [2.24, 2.45) is 0 Å². The lowest BCUT2D eigenvalue weighted by atomic mass is 9.91. The molecule has 0 aliphatic heterocycles. The van der Waals surface area contributed by atoms with Crippen molar-refractivity contribution in [3.63, 3.8) is 0 Å². The van der Waals surface area contributed by atoms with Gasteiger partial charge < -0.3 is 10.3 Å². The maximum atomic E-state index is 5.96. The van der Waals surface area contributed by atoms with Gasteiger partial charge in [0.1, 0.15) is 11.2 Å². The van der Waals surface area contributed by atoms with Gasteiger partial charge in [0.15, 0.2) is 11.0 Å². The molecule has 2 heterocycles. The van der Waals surface area contributed by atoms with Crippen LogP contribution in [0.5, 0.6) is 0 Å². The van der Waals surface area contributed by atoms with Gasteiger partial charge >= 0.3 is 0 Å². The van der Waals surface area contributed by atoms with Crippen LogP contribution in [0.1, 0.15) is 109 Å². The lowest BCUT2D eigenvalue weighted by Crippen LogP contribution is -2.03. The Morgan fingerprint density at radius 1 is 0.852 bits per heavy atom. The van der Waals surface area contributed by atoms with Crippen LogP contribution in [0.3, 0.4) is 0 Å². The Balaban J connectivity index is 2.02. The highest BCUT2D eigenvalue weighted by molar-refractivity contribution is 7.80. The van der Waals surface area contributed by atoms with Crippen LogP contribution in [-0.2, 0) is 0 Å². The first-order chi connectivity index (χ1) is 13.2. The summed E-state index contributed by atoms with van der Waals surface area (Å²) >= 11 is 4.28. The van der Waals surface area contributed by atoms with E-state index in [1.807, 2.05) is 0 Å². The molecule has 0 aliphatic rings. The van der Waals surface area contributed by atoms with Gasteiger partial charge in [-0.1, -0.05) is 89.6 Å². The third-order valence-electron chi connectivity index (χ3n) is 5.31. The summed E-state index contributed by atoms with van der Waals surface area (Å²) in [6, 6.07) is 0. The molecule has 2 N–H and O–H groups in total. The van der Waals surface area contributed by atoms with E-state index in [-0.39, 0.29) is 0 Å². The molecule has 1 atom stereocenters. The van der Waals surface area contributed by atoms with E-state index in [1.165, 1.54) is 70.6 Å². The molecule has 0 amide bonds. The normalized spacial score (nSPS) is 12.7. The molecule has 1 unspecified atom stereocenters. The second kappa shape index (κ2) is 12.2. The molecule has 0 bridgehead atoms. The monoisotopic (exact) mass is 392 g/mol. The van der Waals surface area contributed by atoms with Crippen molar-refractivity contribution in [2.75, 3.05) is 5.73 Å². The SMILES string of the molecule is CCCCCCCCC(CCCCCCC)c1noc2c(N)nc(S)nc12. The fourth-order valence-corrected chi connectivity index (χ4v) is 3.92. The van der Waals surface area contributed by atoms with Gasteiger partial charge in [-0.2, -0.15) is 0 Å². The quantitative estimate of drug-likeness (QED) is 0.213. The largest absolute Gasteiger partial charge is 0.380 e. The predicted octanol–water partition coefficient (Wildman–Crippen LogP) is 6.68. The number of fused-ring (bicyclic) bond motifs is 1. The van der Waals surface area contributed by atoms with Crippen molar-refractivity contribution in [1.29, 1.82) is 0 Å². The highest BCUT2D eigenvalue weighted by Gasteiger charge is 2.22. The molecule has 0 saturated carbocycles. The zero-order valence-corrected chi connectivity index (χ0v) is 17.9. The van der Waals surface area contributed by atoms with Gasteiger partial charge in [0, 0.05) is 5.92 Å². The minimum Gasteiger partial charge on any atom is -0.380 e. The standard InChI is InChI=1S/C21H36N4OS/c1-3-5-7-9-11-13-15-16(14-12-10-8-6-4-2)17-18-19(26-25-17)20(22)24-21(27)23-18/h16H,3-15H2,1-2H3,(H3,22,23,24,27). The summed E-state index contributed by atoms with van der Waals surface area (Å²) in [5, 5.41) is 4.73. The number of hydrogen-bond donors (Lipinski definition) is 2. The van der Waals surface area contributed by atoms with Crippen molar-refractivity contribution in [2.45, 2.75) is 108 Å². The summed E-state index contributed by atoms with van der Waals surface area (Å²) in [4.78, 5) is 8.53. The first kappa shape index (κ1) is 22.0. The average molecular weight is 393 g/mol. The highest BCUT2D eigenvalue weighted by atomic mass is 32.1. The van der Waals surface area contributed by atoms with Crippen LogP contribution >= 0.6 is 12.6 Å². The molecular formula is C21H36N4OS. The van der Waals surface area contributed by atoms with Crippen LogP contribution in [0.25, 0.3) is 11.1 Å². The summed E-state index contributed by atoms with van der Waals surface area (Å²) in [6.45, 7) is 4.51. The van der Waals surface area contributed by atoms with Gasteiger partial charge in [-0.05, 0) is 12.8 Å². The summed E-state index contributed by atoms with van der Waals surface area (Å²) < 4.78 is 5.49. The number of nitrogens with two attached hydrogens (primary N) is 1. The molecule has 152 valence electrons. The Morgan fingerprint density at radius 3 is 2.00 bits per heavy atom. The van der Waals surface area contributed by atoms with Gasteiger partial charge in [0.05, 0.1) is 0 Å². The molecule has 2 rings (SSSR count). The van der Waals surface area contributed by atoms with E-state index in [0.717, 1.165) is 24.1 Å². The molecule has 0 saturated heterocycles. The van der Waals surface area contributed by atoms with Crippen molar-refractivity contribution in [3.8, 4) is 0 Å². The van der Waals surface area contributed by atoms with Crippen LogP contribution in [0, 0.1) is 0 Å².